The van der Waals surface area contributed by atoms with Gasteiger partial charge in [0.25, 0.3) is 0 Å². The molecule has 1 aliphatic heterocycles. The molecule has 10 nitrogen and oxygen atoms in total. The highest BCUT2D eigenvalue weighted by atomic mass is 16.5. The van der Waals surface area contributed by atoms with Crippen molar-refractivity contribution < 1.29 is 34.7 Å². The van der Waals surface area contributed by atoms with E-state index >= 15 is 0 Å². The average molecular weight is 1030 g/mol. The Morgan fingerprint density at radius 2 is 1.79 bits per heavy atom. The van der Waals surface area contributed by atoms with E-state index in [4.69, 9.17) is 20.2 Å². The zero-order valence-corrected chi connectivity index (χ0v) is 44.8. The minimum absolute atomic E-state index is 0.0113. The Hall–Kier alpha value is -5.60. The first-order chi connectivity index (χ1) is 36.9. The summed E-state index contributed by atoms with van der Waals surface area (Å²) in [6.07, 6.45) is 27.0. The highest BCUT2D eigenvalue weighted by molar-refractivity contribution is 5.99. The van der Waals surface area contributed by atoms with Gasteiger partial charge in [0.15, 0.2) is 23.2 Å². The lowest BCUT2D eigenvalue weighted by Gasteiger charge is -2.62. The van der Waals surface area contributed by atoms with Crippen LogP contribution >= 0.6 is 0 Å². The van der Waals surface area contributed by atoms with E-state index in [-0.39, 0.29) is 90.3 Å². The predicted molar refractivity (Wildman–Crippen MR) is 297 cm³/mol. The number of ether oxygens (including phenoxy) is 2. The van der Waals surface area contributed by atoms with Crippen molar-refractivity contribution in [1.82, 2.24) is 5.32 Å². The third-order valence-electron chi connectivity index (χ3n) is 20.2. The standard InChI is InChI=1S/C66H79N3O7/c1-40-28-52-44-30-42(32-48(72)34-44)29-41-12-10-13-46(31-41)66(24-7-3-8-25-66)69-63(67)68-47-14-11-17-50-43(19-20-56(73)51-21-26-64(39-71)23-9-6-18-54(64)53(51)38-70)36-58(76-49-15-4-5-16-49)62(74)60(50)61-59-45(33-47)35-55(52)65(61,37-40)27-22-57(59)75-2/h9-10,12-13,21,23,26,30-32,34-36,40,45,47,49,52,54,57,59,61,70-72,74H,3-8,14-16,18-20,22,24-25,27-29,33,37-39H2,1-2H3,(H3,67,68,69)/t40-,45+,47-,52-,54+,57+,59+,61-,64-,65-/m1/s1. The molecule has 0 aromatic heterocycles. The number of aromatic hydroxyl groups is 2. The smallest absolute Gasteiger partial charge is 0.189 e. The molecule has 9 aliphatic rings. The lowest BCUT2D eigenvalue weighted by Crippen LogP contribution is -2.54. The van der Waals surface area contributed by atoms with Crippen LogP contribution in [0.4, 0.5) is 0 Å². The van der Waals surface area contributed by atoms with Crippen LogP contribution in [0.15, 0.2) is 101 Å². The molecular weight excluding hydrogens is 947 g/mol. The number of carbonyl (C=O) groups excluding carboxylic acids is 1. The number of guanidine groups is 1. The Labute approximate surface area is 450 Å². The number of rotatable bonds is 9. The Morgan fingerprint density at radius 3 is 2.59 bits per heavy atom. The van der Waals surface area contributed by atoms with Crippen LogP contribution in [-0.2, 0) is 27.9 Å². The number of fused-ring (bicyclic) bond motifs is 9. The number of phenols is 2. The molecule has 10 atom stereocenters. The highest BCUT2D eigenvalue weighted by Gasteiger charge is 2.61. The Morgan fingerprint density at radius 1 is 0.947 bits per heavy atom. The van der Waals surface area contributed by atoms with Gasteiger partial charge in [-0.15, -0.1) is 0 Å². The van der Waals surface area contributed by atoms with Crippen LogP contribution in [0.25, 0.3) is 0 Å². The molecule has 10 bridgehead atoms. The van der Waals surface area contributed by atoms with E-state index < -0.39 is 10.8 Å². The molecule has 4 fully saturated rings. The third kappa shape index (κ3) is 9.04. The summed E-state index contributed by atoms with van der Waals surface area (Å²) in [7, 11) is 1.85. The number of nitrogens with two attached hydrogens (primary N) is 1. The zero-order chi connectivity index (χ0) is 52.3. The number of hydrogen-bond acceptors (Lipinski definition) is 10. The number of methoxy groups -OCH3 is 1. The van der Waals surface area contributed by atoms with E-state index in [1.54, 1.807) is 0 Å². The van der Waals surface area contributed by atoms with Gasteiger partial charge in [0.2, 0.25) is 0 Å². The number of phenolic OH excluding ortho intramolecular Hbond substituents is 2. The van der Waals surface area contributed by atoms with Crippen molar-refractivity contribution in [3.8, 4) is 29.1 Å². The lowest BCUT2D eigenvalue weighted by molar-refractivity contribution is -0.115. The van der Waals surface area contributed by atoms with Crippen LogP contribution in [0.2, 0.25) is 0 Å². The number of ketones is 1. The van der Waals surface area contributed by atoms with Crippen LogP contribution < -0.4 is 15.8 Å². The van der Waals surface area contributed by atoms with E-state index in [0.29, 0.717) is 54.5 Å². The monoisotopic (exact) mass is 1030 g/mol. The van der Waals surface area contributed by atoms with E-state index in [2.05, 4.69) is 66.6 Å². The first-order valence-electron chi connectivity index (χ1n) is 29.1. The van der Waals surface area contributed by atoms with E-state index in [9.17, 15) is 25.2 Å². The topological polar surface area (TPSA) is 167 Å². The molecule has 2 spiro atoms. The van der Waals surface area contributed by atoms with E-state index in [1.807, 2.05) is 43.5 Å². The number of aryl methyl sites for hydroxylation is 1. The molecule has 4 saturated carbocycles. The first kappa shape index (κ1) is 51.2. The Bertz CT molecular complexity index is 2980. The van der Waals surface area contributed by atoms with Gasteiger partial charge in [0.1, 0.15) is 5.75 Å². The number of Topliss-reactive ketones (excluding diaryl/α,β-unsaturated/α-hetero) is 1. The largest absolute Gasteiger partial charge is 0.508 e. The quantitative estimate of drug-likeness (QED) is 0.0903. The molecular formula is C66H79N3O7. The highest BCUT2D eigenvalue weighted by Crippen LogP contribution is 2.70. The van der Waals surface area contributed by atoms with Gasteiger partial charge >= 0.3 is 0 Å². The van der Waals surface area contributed by atoms with E-state index in [0.717, 1.165) is 118 Å². The number of nitrogens with zero attached hydrogens (tertiary/aromatic N) is 1. The van der Waals surface area contributed by atoms with Crippen LogP contribution in [0, 0.1) is 46.3 Å². The van der Waals surface area contributed by atoms with Crippen molar-refractivity contribution in [2.75, 3.05) is 20.3 Å². The van der Waals surface area contributed by atoms with Crippen LogP contribution in [0.5, 0.6) is 17.2 Å². The molecule has 7 N–H and O–H groups in total. The second-order valence-corrected chi connectivity index (χ2v) is 24.7. The molecule has 3 aromatic rings. The first-order valence-corrected chi connectivity index (χ1v) is 29.1. The van der Waals surface area contributed by atoms with Gasteiger partial charge in [0, 0.05) is 53.9 Å². The second kappa shape index (κ2) is 20.6. The summed E-state index contributed by atoms with van der Waals surface area (Å²) in [5.74, 6) is 8.50. The normalized spacial score (nSPS) is 32.3. The molecule has 0 radical (unpaired) electrons. The molecule has 400 valence electrons. The molecule has 1 heterocycles. The number of aliphatic hydroxyl groups excluding tert-OH is 2. The third-order valence-corrected chi connectivity index (χ3v) is 20.2. The van der Waals surface area contributed by atoms with Gasteiger partial charge in [-0.1, -0.05) is 104 Å². The molecule has 76 heavy (non-hydrogen) atoms. The van der Waals surface area contributed by atoms with Gasteiger partial charge in [-0.25, -0.2) is 4.99 Å². The lowest BCUT2D eigenvalue weighted by atomic mass is 9.43. The maximum atomic E-state index is 14.8. The summed E-state index contributed by atoms with van der Waals surface area (Å²) < 4.78 is 13.6. The van der Waals surface area contributed by atoms with Gasteiger partial charge in [0.05, 0.1) is 37.0 Å². The Balaban J connectivity index is 1.06. The zero-order valence-electron chi connectivity index (χ0n) is 44.8. The van der Waals surface area contributed by atoms with Crippen molar-refractivity contribution in [2.24, 2.45) is 45.2 Å². The summed E-state index contributed by atoms with van der Waals surface area (Å²) in [5, 5.41) is 50.5. The maximum absolute atomic E-state index is 14.8. The van der Waals surface area contributed by atoms with Crippen LogP contribution in [0.1, 0.15) is 173 Å². The number of aliphatic imine (C=N–C) groups is 1. The number of allylic oxidation sites excluding steroid dienone is 5. The fraction of sp³-hybridized carbons (Fsp3) is 0.545. The molecule has 3 aromatic carbocycles. The summed E-state index contributed by atoms with van der Waals surface area (Å²) in [5.41, 5.74) is 15.5. The average Bonchev–Trinajstić information content (AvgIpc) is 4.01. The molecule has 12 rings (SSSR count). The number of benzene rings is 3. The van der Waals surface area contributed by atoms with Crippen LogP contribution in [-0.4, -0.2) is 70.7 Å². The predicted octanol–water partition coefficient (Wildman–Crippen LogP) is 11.2. The second-order valence-electron chi connectivity index (χ2n) is 24.7. The van der Waals surface area contributed by atoms with Crippen molar-refractivity contribution in [1.29, 1.82) is 0 Å². The summed E-state index contributed by atoms with van der Waals surface area (Å²) in [6, 6.07) is 17.0. The molecule has 8 aliphatic carbocycles. The SMILES string of the molecule is CO[C@H]1CC[C@@]23C[C@H](C)C[C@H]4C2=C[C@@H]2C[C@@H](CC#Cc5c(CCC(=O)C6=C(CO)[C@@H]7CCC=C[C@]7(CO)C=C6)cc(OC6CCCC6)c(O)c5[C@H]3[C@@H]21)N=C(N)NC1(CCCCC1)c1cccc(c1)Cc1cc(O)cc4c1. The summed E-state index contributed by atoms with van der Waals surface area (Å²) in [4.78, 5) is 20.3. The fourth-order valence-corrected chi connectivity index (χ4v) is 17.0. The van der Waals surface area contributed by atoms with Crippen molar-refractivity contribution in [2.45, 2.75) is 171 Å². The summed E-state index contributed by atoms with van der Waals surface area (Å²) in [6.45, 7) is 2.03. The number of carbonyl (C=O) groups is 1. The van der Waals surface area contributed by atoms with Crippen LogP contribution in [0.3, 0.4) is 0 Å². The van der Waals surface area contributed by atoms with Gasteiger partial charge in [-0.05, 0) is 177 Å². The number of hydrogen-bond donors (Lipinski definition) is 6. The summed E-state index contributed by atoms with van der Waals surface area (Å²) >= 11 is 0. The van der Waals surface area contributed by atoms with Gasteiger partial charge in [-0.3, -0.25) is 4.79 Å². The fourth-order valence-electron chi connectivity index (χ4n) is 17.0. The van der Waals surface area contributed by atoms with Crippen molar-refractivity contribution in [3.63, 3.8) is 0 Å². The van der Waals surface area contributed by atoms with Crippen molar-refractivity contribution >= 4 is 11.7 Å². The minimum Gasteiger partial charge on any atom is -0.508 e. The molecule has 0 saturated heterocycles. The molecule has 0 amide bonds. The maximum Gasteiger partial charge on any atom is 0.189 e. The Kier molecular flexibility index (Phi) is 13.9. The van der Waals surface area contributed by atoms with Crippen molar-refractivity contribution in [3.05, 3.63) is 135 Å². The van der Waals surface area contributed by atoms with Gasteiger partial charge in [-0.2, -0.15) is 0 Å². The molecule has 10 heteroatoms. The number of nitrogens with one attached hydrogen (secondary N) is 1. The van der Waals surface area contributed by atoms with Gasteiger partial charge < -0.3 is 41.0 Å². The molecule has 0 unspecified atom stereocenters. The minimum atomic E-state index is -0.631. The van der Waals surface area contributed by atoms with E-state index in [1.165, 1.54) is 23.1 Å². The number of aliphatic hydroxyl groups is 2.